The molecule has 1 aliphatic heterocycles. The smallest absolute Gasteiger partial charge is 0.234 e. The van der Waals surface area contributed by atoms with Gasteiger partial charge in [0.1, 0.15) is 0 Å². The standard InChI is InChI=1S/C19H29N3O2/c1-2-24-13-16-6-4-15(5-7-16)10-21-18(23)12-22-11-17(20)19(14-22)8-3-9-19/h4-7,17H,2-3,8-14,20H2,1H3,(H,21,23). The number of nitrogens with one attached hydrogen (secondary N) is 1. The van der Waals surface area contributed by atoms with Crippen LogP contribution in [0.25, 0.3) is 0 Å². The van der Waals surface area contributed by atoms with Crippen molar-refractivity contribution in [1.82, 2.24) is 10.2 Å². The van der Waals surface area contributed by atoms with Crippen LogP contribution in [-0.4, -0.2) is 43.1 Å². The second kappa shape index (κ2) is 7.64. The molecule has 1 saturated heterocycles. The van der Waals surface area contributed by atoms with Gasteiger partial charge in [-0.25, -0.2) is 0 Å². The third-order valence-corrected chi connectivity index (χ3v) is 5.48. The van der Waals surface area contributed by atoms with Gasteiger partial charge in [0.05, 0.1) is 13.2 Å². The van der Waals surface area contributed by atoms with Crippen molar-refractivity contribution in [3.63, 3.8) is 0 Å². The van der Waals surface area contributed by atoms with Crippen LogP contribution in [-0.2, 0) is 22.7 Å². The number of ether oxygens (including phenoxy) is 1. The molecule has 1 atom stereocenters. The molecule has 2 fully saturated rings. The van der Waals surface area contributed by atoms with Gasteiger partial charge in [-0.1, -0.05) is 30.7 Å². The summed E-state index contributed by atoms with van der Waals surface area (Å²) in [5.41, 5.74) is 8.84. The van der Waals surface area contributed by atoms with Crippen LogP contribution in [0.2, 0.25) is 0 Å². The molecule has 0 aromatic heterocycles. The quantitative estimate of drug-likeness (QED) is 0.797. The van der Waals surface area contributed by atoms with E-state index in [1.807, 2.05) is 19.1 Å². The van der Waals surface area contributed by atoms with E-state index in [0.717, 1.165) is 30.8 Å². The number of hydrogen-bond donors (Lipinski definition) is 2. The van der Waals surface area contributed by atoms with Crippen molar-refractivity contribution in [3.05, 3.63) is 35.4 Å². The van der Waals surface area contributed by atoms with Gasteiger partial charge in [0.15, 0.2) is 0 Å². The van der Waals surface area contributed by atoms with Gasteiger partial charge in [0.2, 0.25) is 5.91 Å². The molecule has 1 amide bonds. The minimum absolute atomic E-state index is 0.0805. The fourth-order valence-corrected chi connectivity index (χ4v) is 3.81. The molecule has 0 radical (unpaired) electrons. The number of amides is 1. The summed E-state index contributed by atoms with van der Waals surface area (Å²) in [7, 11) is 0. The number of rotatable bonds is 7. The summed E-state index contributed by atoms with van der Waals surface area (Å²) in [6.07, 6.45) is 3.73. The van der Waals surface area contributed by atoms with Crippen molar-refractivity contribution in [2.75, 3.05) is 26.2 Å². The van der Waals surface area contributed by atoms with Crippen LogP contribution in [0.15, 0.2) is 24.3 Å². The summed E-state index contributed by atoms with van der Waals surface area (Å²) >= 11 is 0. The molecule has 5 heteroatoms. The first-order chi connectivity index (χ1) is 11.6. The van der Waals surface area contributed by atoms with E-state index >= 15 is 0 Å². The summed E-state index contributed by atoms with van der Waals surface area (Å²) in [6, 6.07) is 8.43. The van der Waals surface area contributed by atoms with Gasteiger partial charge in [-0.05, 0) is 36.3 Å². The van der Waals surface area contributed by atoms with E-state index in [9.17, 15) is 4.79 Å². The molecule has 3 rings (SSSR count). The normalized spacial score (nSPS) is 22.5. The van der Waals surface area contributed by atoms with Crippen LogP contribution in [0.4, 0.5) is 0 Å². The molecule has 2 aliphatic rings. The third-order valence-electron chi connectivity index (χ3n) is 5.48. The number of likely N-dealkylation sites (tertiary alicyclic amines) is 1. The van der Waals surface area contributed by atoms with Crippen LogP contribution < -0.4 is 11.1 Å². The van der Waals surface area contributed by atoms with E-state index in [0.29, 0.717) is 25.1 Å². The molecule has 1 aliphatic carbocycles. The van der Waals surface area contributed by atoms with Gasteiger partial charge in [-0.15, -0.1) is 0 Å². The minimum atomic E-state index is 0.0805. The van der Waals surface area contributed by atoms with Crippen LogP contribution in [0.3, 0.4) is 0 Å². The van der Waals surface area contributed by atoms with Gasteiger partial charge in [0, 0.05) is 32.3 Å². The van der Waals surface area contributed by atoms with Gasteiger partial charge < -0.3 is 15.8 Å². The molecule has 1 spiro atoms. The van der Waals surface area contributed by atoms with E-state index < -0.39 is 0 Å². The highest BCUT2D eigenvalue weighted by Gasteiger charge is 2.48. The van der Waals surface area contributed by atoms with Crippen LogP contribution >= 0.6 is 0 Å². The molecule has 3 N–H and O–H groups in total. The Kier molecular flexibility index (Phi) is 5.54. The van der Waals surface area contributed by atoms with E-state index in [1.54, 1.807) is 0 Å². The predicted molar refractivity (Wildman–Crippen MR) is 94.3 cm³/mol. The average Bonchev–Trinajstić information content (AvgIpc) is 2.88. The fraction of sp³-hybridized carbons (Fsp3) is 0.632. The summed E-state index contributed by atoms with van der Waals surface area (Å²) in [5.74, 6) is 0.0805. The maximum atomic E-state index is 12.2. The number of carbonyl (C=O) groups is 1. The lowest BCUT2D eigenvalue weighted by Gasteiger charge is -2.41. The molecule has 1 aromatic carbocycles. The molecule has 0 bridgehead atoms. The topological polar surface area (TPSA) is 67.6 Å². The summed E-state index contributed by atoms with van der Waals surface area (Å²) < 4.78 is 5.39. The van der Waals surface area contributed by atoms with E-state index in [-0.39, 0.29) is 11.9 Å². The fourth-order valence-electron chi connectivity index (χ4n) is 3.81. The number of nitrogens with two attached hydrogens (primary N) is 1. The Hall–Kier alpha value is -1.43. The van der Waals surface area contributed by atoms with E-state index in [1.165, 1.54) is 19.3 Å². The van der Waals surface area contributed by atoms with E-state index in [2.05, 4.69) is 22.3 Å². The zero-order chi connectivity index (χ0) is 17.0. The second-order valence-electron chi connectivity index (χ2n) is 7.22. The molecular weight excluding hydrogens is 302 g/mol. The van der Waals surface area contributed by atoms with Crippen molar-refractivity contribution in [1.29, 1.82) is 0 Å². The number of carbonyl (C=O) groups excluding carboxylic acids is 1. The average molecular weight is 331 g/mol. The Morgan fingerprint density at radius 1 is 1.33 bits per heavy atom. The van der Waals surface area contributed by atoms with Gasteiger partial charge in [-0.2, -0.15) is 0 Å². The Labute approximate surface area is 144 Å². The largest absolute Gasteiger partial charge is 0.377 e. The van der Waals surface area contributed by atoms with Gasteiger partial charge in [-0.3, -0.25) is 9.69 Å². The molecule has 1 saturated carbocycles. The highest BCUT2D eigenvalue weighted by molar-refractivity contribution is 5.78. The summed E-state index contributed by atoms with van der Waals surface area (Å²) in [6.45, 7) is 6.20. The first-order valence-electron chi connectivity index (χ1n) is 9.01. The summed E-state index contributed by atoms with van der Waals surface area (Å²) in [5, 5.41) is 3.01. The van der Waals surface area contributed by atoms with Crippen LogP contribution in [0.1, 0.15) is 37.3 Å². The monoisotopic (exact) mass is 331 g/mol. The maximum Gasteiger partial charge on any atom is 0.234 e. The van der Waals surface area contributed by atoms with Crippen molar-refractivity contribution in [2.45, 2.75) is 45.4 Å². The highest BCUT2D eigenvalue weighted by atomic mass is 16.5. The Balaban J connectivity index is 1.41. The van der Waals surface area contributed by atoms with Gasteiger partial charge in [0.25, 0.3) is 0 Å². The molecule has 5 nitrogen and oxygen atoms in total. The van der Waals surface area contributed by atoms with Crippen molar-refractivity contribution < 1.29 is 9.53 Å². The zero-order valence-electron chi connectivity index (χ0n) is 14.6. The SMILES string of the molecule is CCOCc1ccc(CNC(=O)CN2CC(N)C3(CCC3)C2)cc1. The lowest BCUT2D eigenvalue weighted by Crippen LogP contribution is -2.45. The molecule has 1 heterocycles. The van der Waals surface area contributed by atoms with Crippen LogP contribution in [0, 0.1) is 5.41 Å². The Morgan fingerprint density at radius 3 is 2.62 bits per heavy atom. The van der Waals surface area contributed by atoms with Gasteiger partial charge >= 0.3 is 0 Å². The lowest BCUT2D eigenvalue weighted by molar-refractivity contribution is -0.122. The maximum absolute atomic E-state index is 12.2. The predicted octanol–water partition coefficient (Wildman–Crippen LogP) is 1.65. The number of nitrogens with zero attached hydrogens (tertiary/aromatic N) is 1. The molecule has 132 valence electrons. The Bertz CT molecular complexity index is 554. The third kappa shape index (κ3) is 3.97. The zero-order valence-corrected chi connectivity index (χ0v) is 14.6. The molecule has 1 unspecified atom stereocenters. The van der Waals surface area contributed by atoms with E-state index in [4.69, 9.17) is 10.5 Å². The second-order valence-corrected chi connectivity index (χ2v) is 7.22. The summed E-state index contributed by atoms with van der Waals surface area (Å²) in [4.78, 5) is 14.4. The minimum Gasteiger partial charge on any atom is -0.377 e. The molecular formula is C19H29N3O2. The van der Waals surface area contributed by atoms with Crippen molar-refractivity contribution in [3.8, 4) is 0 Å². The first-order valence-corrected chi connectivity index (χ1v) is 9.01. The number of hydrogen-bond acceptors (Lipinski definition) is 4. The van der Waals surface area contributed by atoms with Crippen molar-refractivity contribution >= 4 is 5.91 Å². The first kappa shape index (κ1) is 17.4. The molecule has 24 heavy (non-hydrogen) atoms. The van der Waals surface area contributed by atoms with Crippen LogP contribution in [0.5, 0.6) is 0 Å². The lowest BCUT2D eigenvalue weighted by atomic mass is 9.66. The highest BCUT2D eigenvalue weighted by Crippen LogP contribution is 2.47. The number of benzene rings is 1. The Morgan fingerprint density at radius 2 is 2.04 bits per heavy atom. The molecule has 1 aromatic rings. The van der Waals surface area contributed by atoms with Crippen molar-refractivity contribution in [2.24, 2.45) is 11.1 Å².